The van der Waals surface area contributed by atoms with Gasteiger partial charge in [0.2, 0.25) is 29.6 Å². The third kappa shape index (κ3) is 12.7. The van der Waals surface area contributed by atoms with Crippen LogP contribution in [0.15, 0.2) is 84.2 Å². The Labute approximate surface area is 480 Å². The van der Waals surface area contributed by atoms with Gasteiger partial charge in [-0.15, -0.1) is 11.3 Å². The van der Waals surface area contributed by atoms with E-state index in [4.69, 9.17) is 31.0 Å². The number of aromatic nitrogens is 3. The van der Waals surface area contributed by atoms with E-state index in [1.54, 1.807) is 47.4 Å². The summed E-state index contributed by atoms with van der Waals surface area (Å²) in [6.45, 7) is 7.17. The number of ether oxygens (including phenoxy) is 2. The van der Waals surface area contributed by atoms with Gasteiger partial charge in [0.1, 0.15) is 40.5 Å². The normalized spacial score (nSPS) is 16.7. The number of phenolic OH excluding ortho intramolecular Hbond substituents is 1. The number of piperazine rings is 1. The first-order valence-corrected chi connectivity index (χ1v) is 29.4. The monoisotopic (exact) mass is 1140 g/mol. The molecule has 2 saturated heterocycles. The molecule has 4 amide bonds. The molecule has 4 heterocycles. The number of halogens is 2. The molecule has 3 atom stereocenters. The van der Waals surface area contributed by atoms with Gasteiger partial charge >= 0.3 is 0 Å². The number of phenols is 1. The van der Waals surface area contributed by atoms with Crippen molar-refractivity contribution in [2.45, 2.75) is 83.3 Å². The summed E-state index contributed by atoms with van der Waals surface area (Å²) >= 11 is 8.47. The Morgan fingerprint density at radius 3 is 2.37 bits per heavy atom. The van der Waals surface area contributed by atoms with Crippen LogP contribution in [0.5, 0.6) is 11.5 Å². The molecular formula is C61H70ClFN10O7S. The molecule has 4 N–H and O–H groups in total. The van der Waals surface area contributed by atoms with Crippen LogP contribution in [0.1, 0.15) is 76.3 Å². The summed E-state index contributed by atoms with van der Waals surface area (Å²) < 4.78 is 29.3. The second-order valence-corrected chi connectivity index (χ2v) is 22.6. The predicted octanol–water partition coefficient (Wildman–Crippen LogP) is 9.59. The average molecular weight is 1140 g/mol. The lowest BCUT2D eigenvalue weighted by Gasteiger charge is -2.35. The van der Waals surface area contributed by atoms with Crippen LogP contribution in [0, 0.1) is 11.7 Å². The fourth-order valence-electron chi connectivity index (χ4n) is 11.5. The number of nitrogens with zero attached hydrogens (tertiary/aromatic N) is 7. The fourth-order valence-corrected chi connectivity index (χ4v) is 12.8. The van der Waals surface area contributed by atoms with Crippen LogP contribution in [0.3, 0.4) is 0 Å². The maximum absolute atomic E-state index is 17.1. The van der Waals surface area contributed by atoms with Crippen molar-refractivity contribution in [1.82, 2.24) is 40.3 Å². The zero-order chi connectivity index (χ0) is 56.7. The number of aromatic hydroxyl groups is 1. The Kier molecular flexibility index (Phi) is 18.1. The number of anilines is 2. The van der Waals surface area contributed by atoms with Gasteiger partial charge in [-0.2, -0.15) is 4.98 Å². The Hall–Kier alpha value is -7.19. The van der Waals surface area contributed by atoms with Crippen LogP contribution in [0.25, 0.3) is 54.8 Å². The molecule has 3 fully saturated rings. The number of carbonyl (C=O) groups is 4. The summed E-state index contributed by atoms with van der Waals surface area (Å²) in [5.41, 5.74) is 2.33. The Balaban J connectivity index is 0.738. The van der Waals surface area contributed by atoms with Crippen LogP contribution >= 0.6 is 22.9 Å². The standard InChI is InChI=1S/C61H70ClFN10O7S/c1-37(64-3)58(77)67-55(39-13-6-5-7-14-39)60(78)73-24-12-19-50(73)59-66-49(36-81-59)44-20-21-51(45-18-11-10-17-43(44)45)80-32-31-79-30-29-70(4)52(76)22-23-65-61-68-56-47(57(69-61)72-27-25-71(26-28-72)38(2)74)35-48(62)53(54(56)63)46-34-41(75)33-40-15-8-9-16-42(40)46/h8-11,15-18,20-21,33-37,39,50,55,64,75H,5-7,12-14,19,22-32H2,1-4H3,(H,67,77)(H,65,68,69)/t37-,50-,55-/m0/s1. The van der Waals surface area contributed by atoms with Crippen molar-refractivity contribution in [3.05, 3.63) is 100 Å². The van der Waals surface area contributed by atoms with E-state index in [1.807, 2.05) is 71.3 Å². The number of carbonyl (C=O) groups excluding carboxylic acids is 4. The largest absolute Gasteiger partial charge is 0.508 e. The van der Waals surface area contributed by atoms with E-state index < -0.39 is 17.9 Å². The number of thiazole rings is 1. The number of fused-ring (bicyclic) bond motifs is 3. The predicted molar refractivity (Wildman–Crippen MR) is 316 cm³/mol. The fraction of sp³-hybridized carbons (Fsp3) is 0.426. The van der Waals surface area contributed by atoms with Crippen molar-refractivity contribution < 1.29 is 38.1 Å². The molecule has 5 aromatic carbocycles. The molecule has 81 heavy (non-hydrogen) atoms. The highest BCUT2D eigenvalue weighted by atomic mass is 35.5. The van der Waals surface area contributed by atoms with Gasteiger partial charge in [0.15, 0.2) is 5.82 Å². The van der Waals surface area contributed by atoms with E-state index in [0.717, 1.165) is 77.4 Å². The van der Waals surface area contributed by atoms with Gasteiger partial charge in [-0.1, -0.05) is 79.4 Å². The van der Waals surface area contributed by atoms with E-state index in [2.05, 4.69) is 32.4 Å². The molecule has 2 aliphatic heterocycles. The average Bonchev–Trinajstić information content (AvgIpc) is 4.32. The highest BCUT2D eigenvalue weighted by Gasteiger charge is 2.40. The second kappa shape index (κ2) is 25.7. The van der Waals surface area contributed by atoms with Gasteiger partial charge in [0.25, 0.3) is 0 Å². The van der Waals surface area contributed by atoms with Crippen molar-refractivity contribution >= 4 is 90.8 Å². The first kappa shape index (κ1) is 57.1. The molecule has 0 spiro atoms. The SMILES string of the molecule is CN[C@@H](C)C(=O)N[C@H](C(=O)N1CCC[C@H]1c1nc(-c2ccc(OCCOCCN(C)C(=O)CCNc3nc(N4CCN(C(C)=O)CC4)c4cc(Cl)c(-c5cc(O)cc6ccccc56)c(F)c4n3)c3ccccc23)cs1)C1CCCCC1. The van der Waals surface area contributed by atoms with E-state index >= 15 is 4.39 Å². The molecule has 0 unspecified atom stereocenters. The van der Waals surface area contributed by atoms with Gasteiger partial charge in [-0.05, 0) is 97.6 Å². The number of amides is 4. The summed E-state index contributed by atoms with van der Waals surface area (Å²) in [5, 5.41) is 26.8. The van der Waals surface area contributed by atoms with Gasteiger partial charge in [-0.25, -0.2) is 14.4 Å². The first-order valence-electron chi connectivity index (χ1n) is 28.1. The zero-order valence-corrected chi connectivity index (χ0v) is 47.9. The summed E-state index contributed by atoms with van der Waals surface area (Å²) in [4.78, 5) is 75.0. The lowest BCUT2D eigenvalue weighted by Crippen LogP contribution is -2.55. The van der Waals surface area contributed by atoms with Crippen LogP contribution in [0.4, 0.5) is 16.2 Å². The maximum atomic E-state index is 17.1. The third-order valence-corrected chi connectivity index (χ3v) is 17.4. The zero-order valence-electron chi connectivity index (χ0n) is 46.3. The lowest BCUT2D eigenvalue weighted by atomic mass is 9.83. The van der Waals surface area contributed by atoms with E-state index in [9.17, 15) is 24.3 Å². The number of rotatable bonds is 20. The lowest BCUT2D eigenvalue weighted by molar-refractivity contribution is -0.139. The molecule has 1 aliphatic carbocycles. The Morgan fingerprint density at radius 2 is 1.60 bits per heavy atom. The molecule has 2 aromatic heterocycles. The maximum Gasteiger partial charge on any atom is 0.246 e. The number of likely N-dealkylation sites (N-methyl/N-ethyl adjacent to an activating group) is 2. The number of likely N-dealkylation sites (tertiary alicyclic amines) is 1. The van der Waals surface area contributed by atoms with Crippen LogP contribution < -0.4 is 25.6 Å². The van der Waals surface area contributed by atoms with Crippen molar-refractivity contribution in [3.8, 4) is 33.9 Å². The summed E-state index contributed by atoms with van der Waals surface area (Å²) in [6.07, 6.45) is 6.93. The first-order chi connectivity index (χ1) is 39.3. The molecule has 426 valence electrons. The van der Waals surface area contributed by atoms with Crippen LogP contribution in [-0.2, 0) is 23.9 Å². The number of benzene rings is 5. The second-order valence-electron chi connectivity index (χ2n) is 21.3. The van der Waals surface area contributed by atoms with Crippen molar-refractivity contribution in [2.24, 2.45) is 5.92 Å². The summed E-state index contributed by atoms with van der Waals surface area (Å²) in [7, 11) is 3.46. The summed E-state index contributed by atoms with van der Waals surface area (Å²) in [5.74, 6) is 0.347. The molecule has 7 aromatic rings. The third-order valence-electron chi connectivity index (χ3n) is 16.1. The van der Waals surface area contributed by atoms with E-state index in [-0.39, 0.29) is 89.6 Å². The van der Waals surface area contributed by atoms with Gasteiger partial charge < -0.3 is 50.1 Å². The smallest absolute Gasteiger partial charge is 0.246 e. The minimum Gasteiger partial charge on any atom is -0.508 e. The molecule has 20 heteroatoms. The number of nitrogens with one attached hydrogen (secondary N) is 3. The van der Waals surface area contributed by atoms with Crippen LogP contribution in [-0.4, -0.2) is 150 Å². The molecule has 17 nitrogen and oxygen atoms in total. The highest BCUT2D eigenvalue weighted by molar-refractivity contribution is 7.10. The van der Waals surface area contributed by atoms with Crippen molar-refractivity contribution in [2.75, 3.05) is 89.9 Å². The summed E-state index contributed by atoms with van der Waals surface area (Å²) in [6, 6.07) is 23.0. The molecule has 10 rings (SSSR count). The van der Waals surface area contributed by atoms with Gasteiger partial charge in [0.05, 0.1) is 36.0 Å². The quantitative estimate of drug-likeness (QED) is 0.0528. The molecule has 3 aliphatic rings. The van der Waals surface area contributed by atoms with Gasteiger partial charge in [-0.3, -0.25) is 19.2 Å². The number of hydrogen-bond donors (Lipinski definition) is 4. The molecule has 0 radical (unpaired) electrons. The minimum absolute atomic E-state index is 0.00872. The Morgan fingerprint density at radius 1 is 0.852 bits per heavy atom. The molecular weight excluding hydrogens is 1070 g/mol. The van der Waals surface area contributed by atoms with Crippen molar-refractivity contribution in [1.29, 1.82) is 0 Å². The topological polar surface area (TPSA) is 195 Å². The Bertz CT molecular complexity index is 3440. The van der Waals surface area contributed by atoms with E-state index in [1.165, 1.54) is 13.0 Å². The molecule has 0 bridgehead atoms. The number of hydrogen-bond acceptors (Lipinski definition) is 14. The van der Waals surface area contributed by atoms with Gasteiger partial charge in [0, 0.05) is 93.5 Å². The minimum atomic E-state index is -0.678. The van der Waals surface area contributed by atoms with Crippen molar-refractivity contribution in [3.63, 3.8) is 0 Å². The van der Waals surface area contributed by atoms with E-state index in [0.29, 0.717) is 73.8 Å². The highest BCUT2D eigenvalue weighted by Crippen LogP contribution is 2.44. The van der Waals surface area contributed by atoms with Crippen LogP contribution in [0.2, 0.25) is 5.02 Å². The molecule has 1 saturated carbocycles.